The number of carbonyl (C=O) groups excluding carboxylic acids is 1. The van der Waals surface area contributed by atoms with Crippen molar-refractivity contribution >= 4 is 34.7 Å². The summed E-state index contributed by atoms with van der Waals surface area (Å²) < 4.78 is 7.64. The zero-order valence-corrected chi connectivity index (χ0v) is 19.2. The van der Waals surface area contributed by atoms with Crippen LogP contribution >= 0.6 is 23.1 Å². The lowest BCUT2D eigenvalue weighted by Gasteiger charge is -2.13. The molecule has 2 aromatic heterocycles. The first-order valence-corrected chi connectivity index (χ1v) is 12.4. The summed E-state index contributed by atoms with van der Waals surface area (Å²) in [6.45, 7) is 6.95. The number of hydrogen-bond donors (Lipinski definition) is 1. The Kier molecular flexibility index (Phi) is 7.09. The van der Waals surface area contributed by atoms with E-state index < -0.39 is 0 Å². The van der Waals surface area contributed by atoms with Crippen LogP contribution in [0.15, 0.2) is 47.5 Å². The number of thiophene rings is 1. The number of thioether (sulfide) groups is 1. The zero-order chi connectivity index (χ0) is 21.6. The minimum absolute atomic E-state index is 0.111. The predicted molar refractivity (Wildman–Crippen MR) is 127 cm³/mol. The van der Waals surface area contributed by atoms with E-state index in [-0.39, 0.29) is 11.7 Å². The summed E-state index contributed by atoms with van der Waals surface area (Å²) in [4.78, 5) is 14.0. The topological polar surface area (TPSA) is 69.0 Å². The quantitative estimate of drug-likeness (QED) is 0.355. The molecule has 0 aliphatic heterocycles. The van der Waals surface area contributed by atoms with E-state index in [9.17, 15) is 4.79 Å². The van der Waals surface area contributed by atoms with E-state index in [1.165, 1.54) is 40.6 Å². The Hall–Kier alpha value is -2.58. The maximum absolute atomic E-state index is 12.6. The maximum atomic E-state index is 12.6. The molecular weight excluding hydrogens is 428 g/mol. The van der Waals surface area contributed by atoms with Crippen LogP contribution in [0.3, 0.4) is 0 Å². The van der Waals surface area contributed by atoms with Crippen LogP contribution in [-0.4, -0.2) is 33.0 Å². The summed E-state index contributed by atoms with van der Waals surface area (Å²) >= 11 is 3.20. The number of amides is 1. The Morgan fingerprint density at radius 1 is 1.32 bits per heavy atom. The van der Waals surface area contributed by atoms with Gasteiger partial charge in [0.1, 0.15) is 5.75 Å². The Balaban J connectivity index is 1.49. The average Bonchev–Trinajstić information content (AvgIpc) is 3.38. The van der Waals surface area contributed by atoms with E-state index in [4.69, 9.17) is 4.74 Å². The van der Waals surface area contributed by atoms with Crippen LogP contribution in [0.1, 0.15) is 30.2 Å². The van der Waals surface area contributed by atoms with Crippen molar-refractivity contribution in [1.29, 1.82) is 0 Å². The highest BCUT2D eigenvalue weighted by atomic mass is 32.2. The Morgan fingerprint density at radius 3 is 3.00 bits per heavy atom. The number of aromatic nitrogens is 3. The molecule has 0 bridgehead atoms. The maximum Gasteiger partial charge on any atom is 0.234 e. The molecule has 0 atom stereocenters. The third kappa shape index (κ3) is 4.85. The van der Waals surface area contributed by atoms with E-state index in [2.05, 4.69) is 32.0 Å². The summed E-state index contributed by atoms with van der Waals surface area (Å²) in [7, 11) is 0. The fourth-order valence-corrected chi connectivity index (χ4v) is 5.61. The molecule has 162 valence electrons. The van der Waals surface area contributed by atoms with Crippen molar-refractivity contribution in [3.8, 4) is 17.1 Å². The van der Waals surface area contributed by atoms with E-state index >= 15 is 0 Å². The van der Waals surface area contributed by atoms with Crippen molar-refractivity contribution in [3.05, 3.63) is 52.7 Å². The van der Waals surface area contributed by atoms with Crippen LogP contribution in [0, 0.1) is 0 Å². The second kappa shape index (κ2) is 10.2. The number of nitrogens with one attached hydrogen (secondary N) is 1. The van der Waals surface area contributed by atoms with Gasteiger partial charge in [-0.2, -0.15) is 0 Å². The summed E-state index contributed by atoms with van der Waals surface area (Å²) in [6, 6.07) is 7.45. The predicted octanol–water partition coefficient (Wildman–Crippen LogP) is 5.20. The number of hydrogen-bond acceptors (Lipinski definition) is 6. The van der Waals surface area contributed by atoms with Gasteiger partial charge >= 0.3 is 0 Å². The first-order valence-electron chi connectivity index (χ1n) is 10.5. The summed E-state index contributed by atoms with van der Waals surface area (Å²) in [6.07, 6.45) is 6.57. The standard InChI is InChI=1S/C23H26N4O2S2/c1-3-13-27-22(17-14-30-20-12-8-5-9-16(17)20)25-26-23(27)31-15-21(28)24-18-10-6-7-11-19(18)29-4-2/h3,6-7,10-11,14H,1,4-5,8-9,12-13,15H2,2H3,(H,24,28). The minimum atomic E-state index is -0.111. The lowest BCUT2D eigenvalue weighted by molar-refractivity contribution is -0.113. The highest BCUT2D eigenvalue weighted by Gasteiger charge is 2.22. The number of para-hydroxylation sites is 2. The Morgan fingerprint density at radius 2 is 2.16 bits per heavy atom. The van der Waals surface area contributed by atoms with Gasteiger partial charge in [-0.3, -0.25) is 9.36 Å². The van der Waals surface area contributed by atoms with E-state index in [1.807, 2.05) is 48.6 Å². The summed E-state index contributed by atoms with van der Waals surface area (Å²) in [5.41, 5.74) is 3.26. The van der Waals surface area contributed by atoms with Gasteiger partial charge in [0, 0.05) is 22.4 Å². The zero-order valence-electron chi connectivity index (χ0n) is 17.6. The lowest BCUT2D eigenvalue weighted by Crippen LogP contribution is -2.15. The van der Waals surface area contributed by atoms with Gasteiger partial charge in [-0.1, -0.05) is 30.0 Å². The summed E-state index contributed by atoms with van der Waals surface area (Å²) in [5.74, 6) is 1.66. The highest BCUT2D eigenvalue weighted by Crippen LogP contribution is 2.37. The molecule has 1 aliphatic rings. The third-order valence-electron chi connectivity index (χ3n) is 5.12. The smallest absolute Gasteiger partial charge is 0.234 e. The molecule has 3 aromatic rings. The van der Waals surface area contributed by atoms with Gasteiger partial charge in [0.25, 0.3) is 0 Å². The van der Waals surface area contributed by atoms with E-state index in [0.29, 0.717) is 24.6 Å². The van der Waals surface area contributed by atoms with Gasteiger partial charge in [-0.15, -0.1) is 28.1 Å². The molecule has 0 radical (unpaired) electrons. The first-order chi connectivity index (χ1) is 15.2. The molecule has 31 heavy (non-hydrogen) atoms. The second-order valence-corrected chi connectivity index (χ2v) is 9.14. The highest BCUT2D eigenvalue weighted by molar-refractivity contribution is 7.99. The van der Waals surface area contributed by atoms with Crippen LogP contribution in [0.4, 0.5) is 5.69 Å². The number of nitrogens with zero attached hydrogens (tertiary/aromatic N) is 3. The largest absolute Gasteiger partial charge is 0.492 e. The molecule has 0 saturated carbocycles. The Labute approximate surface area is 190 Å². The van der Waals surface area contributed by atoms with Gasteiger partial charge in [0.15, 0.2) is 11.0 Å². The molecule has 1 aliphatic carbocycles. The molecule has 6 nitrogen and oxygen atoms in total. The number of fused-ring (bicyclic) bond motifs is 1. The molecule has 1 aromatic carbocycles. The number of carbonyl (C=O) groups is 1. The number of allylic oxidation sites excluding steroid dienone is 1. The second-order valence-electron chi connectivity index (χ2n) is 7.23. The van der Waals surface area contributed by atoms with Gasteiger partial charge < -0.3 is 10.1 Å². The molecule has 8 heteroatoms. The van der Waals surface area contributed by atoms with Gasteiger partial charge in [-0.25, -0.2) is 0 Å². The van der Waals surface area contributed by atoms with Crippen LogP contribution in [0.2, 0.25) is 0 Å². The number of benzene rings is 1. The van der Waals surface area contributed by atoms with E-state index in [1.54, 1.807) is 0 Å². The van der Waals surface area contributed by atoms with Crippen LogP contribution < -0.4 is 10.1 Å². The number of ether oxygens (including phenoxy) is 1. The molecule has 0 spiro atoms. The van der Waals surface area contributed by atoms with E-state index in [0.717, 1.165) is 23.8 Å². The van der Waals surface area contributed by atoms with Crippen molar-refractivity contribution < 1.29 is 9.53 Å². The number of aryl methyl sites for hydroxylation is 1. The molecule has 1 N–H and O–H groups in total. The van der Waals surface area contributed by atoms with Crippen molar-refractivity contribution in [3.63, 3.8) is 0 Å². The monoisotopic (exact) mass is 454 g/mol. The fraction of sp³-hybridized carbons (Fsp3) is 0.348. The minimum Gasteiger partial charge on any atom is -0.492 e. The van der Waals surface area contributed by atoms with Gasteiger partial charge in [-0.05, 0) is 50.3 Å². The number of anilines is 1. The molecule has 0 unspecified atom stereocenters. The average molecular weight is 455 g/mol. The number of rotatable bonds is 9. The SMILES string of the molecule is C=CCn1c(SCC(=O)Nc2ccccc2OCC)nnc1-c1csc2c1CCCC2. The molecule has 4 rings (SSSR count). The van der Waals surface area contributed by atoms with Crippen molar-refractivity contribution in [1.82, 2.24) is 14.8 Å². The molecule has 1 amide bonds. The first kappa shape index (κ1) is 21.6. The Bertz CT molecular complexity index is 1070. The van der Waals surface area contributed by atoms with Crippen LogP contribution in [0.25, 0.3) is 11.4 Å². The van der Waals surface area contributed by atoms with Crippen molar-refractivity contribution in [2.24, 2.45) is 0 Å². The van der Waals surface area contributed by atoms with Gasteiger partial charge in [0.2, 0.25) is 5.91 Å². The molecule has 0 saturated heterocycles. The van der Waals surface area contributed by atoms with Crippen molar-refractivity contribution in [2.45, 2.75) is 44.3 Å². The van der Waals surface area contributed by atoms with Crippen molar-refractivity contribution in [2.75, 3.05) is 17.7 Å². The molecular formula is C23H26N4O2S2. The fourth-order valence-electron chi connectivity index (χ4n) is 3.74. The lowest BCUT2D eigenvalue weighted by atomic mass is 9.95. The molecule has 0 fully saturated rings. The molecule has 2 heterocycles. The van der Waals surface area contributed by atoms with Crippen LogP contribution in [-0.2, 0) is 24.2 Å². The van der Waals surface area contributed by atoms with Crippen LogP contribution in [0.5, 0.6) is 5.75 Å². The third-order valence-corrected chi connectivity index (χ3v) is 7.18. The van der Waals surface area contributed by atoms with Gasteiger partial charge in [0.05, 0.1) is 18.0 Å². The normalized spacial score (nSPS) is 12.9. The summed E-state index contributed by atoms with van der Waals surface area (Å²) in [5, 5.41) is 14.7.